The van der Waals surface area contributed by atoms with E-state index >= 15 is 0 Å². The molecule has 0 unspecified atom stereocenters. The maximum absolute atomic E-state index is 12.6. The topological polar surface area (TPSA) is 73.2 Å². The van der Waals surface area contributed by atoms with Crippen LogP contribution in [0.1, 0.15) is 45.4 Å². The molecule has 1 aromatic heterocycles. The van der Waals surface area contributed by atoms with E-state index in [2.05, 4.69) is 10.4 Å². The molecule has 2 aromatic carbocycles. The van der Waals surface area contributed by atoms with E-state index in [9.17, 15) is 9.59 Å². The number of carbonyl (C=O) groups is 2. The molecule has 3 aromatic rings. The first kappa shape index (κ1) is 21.3. The highest BCUT2D eigenvalue weighted by Crippen LogP contribution is 2.21. The van der Waals surface area contributed by atoms with Crippen LogP contribution >= 0.6 is 0 Å². The SMILES string of the molecule is CCc1cccc(C)c1NC(=O)COC(=O)c1c(C)nn(Cc2ccccc2)c1C. The Morgan fingerprint density at radius 1 is 1.03 bits per heavy atom. The third kappa shape index (κ3) is 4.76. The van der Waals surface area contributed by atoms with Crippen molar-refractivity contribution in [3.63, 3.8) is 0 Å². The number of carbonyl (C=O) groups excluding carboxylic acids is 2. The Kier molecular flexibility index (Phi) is 6.67. The van der Waals surface area contributed by atoms with Crippen molar-refractivity contribution in [1.29, 1.82) is 0 Å². The minimum Gasteiger partial charge on any atom is -0.452 e. The van der Waals surface area contributed by atoms with Gasteiger partial charge in [-0.25, -0.2) is 4.79 Å². The molecule has 3 rings (SSSR count). The van der Waals surface area contributed by atoms with E-state index in [0.29, 0.717) is 23.5 Å². The maximum atomic E-state index is 12.6. The van der Waals surface area contributed by atoms with Gasteiger partial charge >= 0.3 is 5.97 Å². The summed E-state index contributed by atoms with van der Waals surface area (Å²) >= 11 is 0. The molecule has 1 N–H and O–H groups in total. The summed E-state index contributed by atoms with van der Waals surface area (Å²) in [6, 6.07) is 15.8. The van der Waals surface area contributed by atoms with Crippen LogP contribution in [0.3, 0.4) is 0 Å². The van der Waals surface area contributed by atoms with Gasteiger partial charge in [0.15, 0.2) is 6.61 Å². The number of nitrogens with one attached hydrogen (secondary N) is 1. The third-order valence-electron chi connectivity index (χ3n) is 5.10. The van der Waals surface area contributed by atoms with Crippen molar-refractivity contribution >= 4 is 17.6 Å². The van der Waals surface area contributed by atoms with Crippen molar-refractivity contribution in [2.24, 2.45) is 0 Å². The Morgan fingerprint density at radius 2 is 1.77 bits per heavy atom. The van der Waals surface area contributed by atoms with E-state index < -0.39 is 5.97 Å². The molecule has 156 valence electrons. The van der Waals surface area contributed by atoms with E-state index in [-0.39, 0.29) is 12.5 Å². The van der Waals surface area contributed by atoms with Gasteiger partial charge in [-0.3, -0.25) is 9.48 Å². The molecule has 30 heavy (non-hydrogen) atoms. The number of aromatic nitrogens is 2. The molecule has 6 heteroatoms. The number of esters is 1. The van der Waals surface area contributed by atoms with Crippen molar-refractivity contribution in [3.8, 4) is 0 Å². The van der Waals surface area contributed by atoms with Crippen LogP contribution in [0.4, 0.5) is 5.69 Å². The average Bonchev–Trinajstić information content (AvgIpc) is 3.01. The predicted molar refractivity (Wildman–Crippen MR) is 117 cm³/mol. The summed E-state index contributed by atoms with van der Waals surface area (Å²) in [5, 5.41) is 7.34. The smallest absolute Gasteiger partial charge is 0.342 e. The van der Waals surface area contributed by atoms with Crippen LogP contribution in [0.15, 0.2) is 48.5 Å². The van der Waals surface area contributed by atoms with Gasteiger partial charge in [-0.05, 0) is 43.9 Å². The number of para-hydroxylation sites is 1. The quantitative estimate of drug-likeness (QED) is 0.598. The lowest BCUT2D eigenvalue weighted by Gasteiger charge is -2.13. The second kappa shape index (κ2) is 9.39. The molecule has 0 spiro atoms. The van der Waals surface area contributed by atoms with E-state index in [4.69, 9.17) is 4.74 Å². The van der Waals surface area contributed by atoms with Gasteiger partial charge in [-0.2, -0.15) is 5.10 Å². The average molecular weight is 405 g/mol. The Hall–Kier alpha value is -3.41. The first-order valence-electron chi connectivity index (χ1n) is 10.0. The van der Waals surface area contributed by atoms with Gasteiger partial charge in [0.1, 0.15) is 5.56 Å². The molecule has 0 fully saturated rings. The monoisotopic (exact) mass is 405 g/mol. The van der Waals surface area contributed by atoms with Gasteiger partial charge in [0.2, 0.25) is 0 Å². The molecule has 0 atom stereocenters. The molecular weight excluding hydrogens is 378 g/mol. The lowest BCUT2D eigenvalue weighted by atomic mass is 10.1. The summed E-state index contributed by atoms with van der Waals surface area (Å²) in [5.74, 6) is -0.903. The zero-order valence-electron chi connectivity index (χ0n) is 17.9. The highest BCUT2D eigenvalue weighted by atomic mass is 16.5. The van der Waals surface area contributed by atoms with Crippen LogP contribution in [-0.4, -0.2) is 28.3 Å². The molecule has 6 nitrogen and oxygen atoms in total. The van der Waals surface area contributed by atoms with Crippen LogP contribution in [0.2, 0.25) is 0 Å². The van der Waals surface area contributed by atoms with Crippen molar-refractivity contribution in [1.82, 2.24) is 9.78 Å². The number of anilines is 1. The van der Waals surface area contributed by atoms with Gasteiger partial charge in [-0.1, -0.05) is 55.5 Å². The summed E-state index contributed by atoms with van der Waals surface area (Å²) in [6.07, 6.45) is 0.802. The van der Waals surface area contributed by atoms with Crippen molar-refractivity contribution in [3.05, 3.63) is 82.2 Å². The Morgan fingerprint density at radius 3 is 2.47 bits per heavy atom. The minimum atomic E-state index is -0.542. The largest absolute Gasteiger partial charge is 0.452 e. The van der Waals surface area contributed by atoms with Crippen LogP contribution in [0.5, 0.6) is 0 Å². The highest BCUT2D eigenvalue weighted by molar-refractivity contribution is 5.97. The van der Waals surface area contributed by atoms with E-state index in [1.165, 1.54) is 0 Å². The molecule has 0 saturated carbocycles. The first-order valence-corrected chi connectivity index (χ1v) is 10.0. The van der Waals surface area contributed by atoms with Gasteiger partial charge in [0.25, 0.3) is 5.91 Å². The van der Waals surface area contributed by atoms with Crippen molar-refractivity contribution in [2.75, 3.05) is 11.9 Å². The molecule has 0 aliphatic heterocycles. The Bertz CT molecular complexity index is 1060. The molecular formula is C24H27N3O3. The summed E-state index contributed by atoms with van der Waals surface area (Å²) in [4.78, 5) is 25.0. The maximum Gasteiger partial charge on any atom is 0.342 e. The van der Waals surface area contributed by atoms with E-state index in [1.807, 2.05) is 69.3 Å². The summed E-state index contributed by atoms with van der Waals surface area (Å²) in [7, 11) is 0. The first-order chi connectivity index (χ1) is 14.4. The summed E-state index contributed by atoms with van der Waals surface area (Å²) in [6.45, 7) is 7.79. The van der Waals surface area contributed by atoms with Gasteiger partial charge in [-0.15, -0.1) is 0 Å². The molecule has 0 aliphatic carbocycles. The second-order valence-corrected chi connectivity index (χ2v) is 7.28. The van der Waals surface area contributed by atoms with Gasteiger partial charge < -0.3 is 10.1 Å². The third-order valence-corrected chi connectivity index (χ3v) is 5.10. The number of rotatable bonds is 7. The lowest BCUT2D eigenvalue weighted by Crippen LogP contribution is -2.22. The van der Waals surface area contributed by atoms with Crippen molar-refractivity contribution < 1.29 is 14.3 Å². The standard InChI is InChI=1S/C24H27N3O3/c1-5-20-13-9-10-16(2)23(20)25-21(28)15-30-24(29)22-17(3)26-27(18(22)4)14-19-11-7-6-8-12-19/h6-13H,5,14-15H2,1-4H3,(H,25,28). The molecule has 1 heterocycles. The number of nitrogens with zero attached hydrogens (tertiary/aromatic N) is 2. The number of hydrogen-bond acceptors (Lipinski definition) is 4. The second-order valence-electron chi connectivity index (χ2n) is 7.28. The van der Waals surface area contributed by atoms with Crippen LogP contribution in [0.25, 0.3) is 0 Å². The zero-order valence-corrected chi connectivity index (χ0v) is 17.9. The predicted octanol–water partition coefficient (Wildman–Crippen LogP) is 4.21. The number of ether oxygens (including phenoxy) is 1. The number of aryl methyl sites for hydroxylation is 3. The van der Waals surface area contributed by atoms with Crippen LogP contribution < -0.4 is 5.32 Å². The molecule has 0 saturated heterocycles. The van der Waals surface area contributed by atoms with Crippen LogP contribution in [0, 0.1) is 20.8 Å². The number of amides is 1. The Balaban J connectivity index is 1.66. The lowest BCUT2D eigenvalue weighted by molar-refractivity contribution is -0.119. The molecule has 0 bridgehead atoms. The van der Waals surface area contributed by atoms with Gasteiger partial charge in [0, 0.05) is 5.69 Å². The fourth-order valence-electron chi connectivity index (χ4n) is 3.48. The number of benzene rings is 2. The normalized spacial score (nSPS) is 10.7. The van der Waals surface area contributed by atoms with Crippen molar-refractivity contribution in [2.45, 2.75) is 40.7 Å². The fraction of sp³-hybridized carbons (Fsp3) is 0.292. The van der Waals surface area contributed by atoms with E-state index in [0.717, 1.165) is 28.8 Å². The van der Waals surface area contributed by atoms with E-state index in [1.54, 1.807) is 11.6 Å². The molecule has 1 amide bonds. The highest BCUT2D eigenvalue weighted by Gasteiger charge is 2.21. The van der Waals surface area contributed by atoms with Gasteiger partial charge in [0.05, 0.1) is 17.9 Å². The minimum absolute atomic E-state index is 0.348. The Labute approximate surface area is 176 Å². The molecule has 0 radical (unpaired) electrons. The number of hydrogen-bond donors (Lipinski definition) is 1. The zero-order chi connectivity index (χ0) is 21.7. The summed E-state index contributed by atoms with van der Waals surface area (Å²) in [5.41, 5.74) is 5.60. The van der Waals surface area contributed by atoms with Crippen LogP contribution in [-0.2, 0) is 22.5 Å². The molecule has 0 aliphatic rings. The fourth-order valence-corrected chi connectivity index (χ4v) is 3.48. The summed E-state index contributed by atoms with van der Waals surface area (Å²) < 4.78 is 7.08.